The van der Waals surface area contributed by atoms with Crippen LogP contribution in [0.3, 0.4) is 0 Å². The standard InChI is InChI=1S/C19H15BF3/c1-20(14-5-2-8-17(21)11-14,15-6-3-9-18(22)12-15)16-7-4-10-19(23)13-16/h2-13H,1H3/q-1. The summed E-state index contributed by atoms with van der Waals surface area (Å²) in [5, 5.41) is 0. The highest BCUT2D eigenvalue weighted by Gasteiger charge is 2.25. The van der Waals surface area contributed by atoms with Crippen molar-refractivity contribution in [3.05, 3.63) is 90.2 Å². The van der Waals surface area contributed by atoms with Gasteiger partial charge in [0.05, 0.1) is 6.15 Å². The first-order valence-electron chi connectivity index (χ1n) is 7.47. The van der Waals surface area contributed by atoms with Crippen molar-refractivity contribution >= 4 is 22.5 Å². The molecule has 0 unspecified atom stereocenters. The fourth-order valence-corrected chi connectivity index (χ4v) is 3.17. The Morgan fingerprint density at radius 3 is 1.13 bits per heavy atom. The third-order valence-electron chi connectivity index (χ3n) is 4.55. The summed E-state index contributed by atoms with van der Waals surface area (Å²) in [6.45, 7) is 1.90. The molecule has 0 amide bonds. The van der Waals surface area contributed by atoms with Gasteiger partial charge in [-0.2, -0.15) is 23.2 Å². The summed E-state index contributed by atoms with van der Waals surface area (Å²) in [6.07, 6.45) is -1.69. The second kappa shape index (κ2) is 5.96. The minimum atomic E-state index is -1.69. The van der Waals surface area contributed by atoms with Crippen LogP contribution in [-0.4, -0.2) is 6.15 Å². The Morgan fingerprint density at radius 1 is 0.565 bits per heavy atom. The molecule has 0 radical (unpaired) electrons. The normalized spacial score (nSPS) is 11.5. The van der Waals surface area contributed by atoms with Crippen LogP contribution in [0.4, 0.5) is 13.2 Å². The lowest BCUT2D eigenvalue weighted by Crippen LogP contribution is -2.65. The number of hydrogen-bond acceptors (Lipinski definition) is 0. The maximum Gasteiger partial charge on any atom is 0.120 e. The SMILES string of the molecule is C[B-](c1cccc(F)c1)(c1cccc(F)c1)c1cccc(F)c1. The molecule has 0 atom stereocenters. The summed E-state index contributed by atoms with van der Waals surface area (Å²) in [5.74, 6) is -1.12. The molecule has 0 bridgehead atoms. The Morgan fingerprint density at radius 2 is 0.870 bits per heavy atom. The van der Waals surface area contributed by atoms with E-state index < -0.39 is 6.15 Å². The Labute approximate surface area is 133 Å². The number of hydrogen-bond donors (Lipinski definition) is 0. The van der Waals surface area contributed by atoms with Gasteiger partial charge < -0.3 is 0 Å². The highest BCUT2D eigenvalue weighted by molar-refractivity contribution is 7.10. The molecule has 0 spiro atoms. The van der Waals surface area contributed by atoms with Crippen LogP contribution in [0.2, 0.25) is 6.82 Å². The molecule has 116 valence electrons. The van der Waals surface area contributed by atoms with Gasteiger partial charge in [0.2, 0.25) is 0 Å². The van der Waals surface area contributed by atoms with Crippen molar-refractivity contribution < 1.29 is 13.2 Å². The summed E-state index contributed by atoms with van der Waals surface area (Å²) >= 11 is 0. The second-order valence-corrected chi connectivity index (χ2v) is 5.96. The first-order chi connectivity index (χ1) is 11.0. The molecule has 0 aliphatic heterocycles. The van der Waals surface area contributed by atoms with Crippen LogP contribution in [0.5, 0.6) is 0 Å². The maximum absolute atomic E-state index is 13.7. The third-order valence-corrected chi connectivity index (χ3v) is 4.55. The molecule has 4 heteroatoms. The number of benzene rings is 3. The van der Waals surface area contributed by atoms with Crippen LogP contribution < -0.4 is 16.4 Å². The van der Waals surface area contributed by atoms with Crippen molar-refractivity contribution in [3.63, 3.8) is 0 Å². The Bertz CT molecular complexity index is 734. The molecule has 0 aromatic heterocycles. The molecule has 0 saturated heterocycles. The fraction of sp³-hybridized carbons (Fsp3) is 0.0526. The summed E-state index contributed by atoms with van der Waals surface area (Å²) in [4.78, 5) is 0. The van der Waals surface area contributed by atoms with Crippen LogP contribution >= 0.6 is 0 Å². The van der Waals surface area contributed by atoms with Crippen LogP contribution in [0, 0.1) is 17.5 Å². The third kappa shape index (κ3) is 2.89. The van der Waals surface area contributed by atoms with Gasteiger partial charge in [-0.25, -0.2) is 13.2 Å². The topological polar surface area (TPSA) is 0 Å². The number of rotatable bonds is 3. The monoisotopic (exact) mass is 311 g/mol. The van der Waals surface area contributed by atoms with Gasteiger partial charge in [0.1, 0.15) is 17.5 Å². The lowest BCUT2D eigenvalue weighted by atomic mass is 9.17. The second-order valence-electron chi connectivity index (χ2n) is 5.96. The molecule has 3 rings (SSSR count). The van der Waals surface area contributed by atoms with Crippen LogP contribution in [0.1, 0.15) is 0 Å². The first kappa shape index (κ1) is 15.4. The quantitative estimate of drug-likeness (QED) is 0.652. The lowest BCUT2D eigenvalue weighted by Gasteiger charge is -2.39. The van der Waals surface area contributed by atoms with Crippen LogP contribution in [-0.2, 0) is 0 Å². The Kier molecular flexibility index (Phi) is 3.99. The van der Waals surface area contributed by atoms with E-state index in [4.69, 9.17) is 0 Å². The van der Waals surface area contributed by atoms with E-state index >= 15 is 0 Å². The van der Waals surface area contributed by atoms with Gasteiger partial charge in [0.25, 0.3) is 0 Å². The van der Waals surface area contributed by atoms with Crippen molar-refractivity contribution in [3.8, 4) is 0 Å². The molecule has 0 saturated carbocycles. The average molecular weight is 311 g/mol. The maximum atomic E-state index is 13.7. The van der Waals surface area contributed by atoms with Gasteiger partial charge in [0, 0.05) is 0 Å². The summed E-state index contributed by atoms with van der Waals surface area (Å²) in [7, 11) is 0. The zero-order chi connectivity index (χ0) is 16.4. The molecule has 0 aliphatic rings. The van der Waals surface area contributed by atoms with Crippen LogP contribution in [0.15, 0.2) is 72.8 Å². The average Bonchev–Trinajstić information content (AvgIpc) is 2.54. The van der Waals surface area contributed by atoms with Gasteiger partial charge in [-0.3, -0.25) is 0 Å². The molecule has 0 N–H and O–H groups in total. The Balaban J connectivity index is 2.29. The van der Waals surface area contributed by atoms with Gasteiger partial charge in [0.15, 0.2) is 0 Å². The minimum absolute atomic E-state index is 0.372. The molecule has 0 nitrogen and oxygen atoms in total. The van der Waals surface area contributed by atoms with E-state index in [0.29, 0.717) is 16.4 Å². The molecular weight excluding hydrogens is 296 g/mol. The van der Waals surface area contributed by atoms with Crippen molar-refractivity contribution in [1.29, 1.82) is 0 Å². The van der Waals surface area contributed by atoms with Crippen molar-refractivity contribution in [2.45, 2.75) is 6.82 Å². The highest BCUT2D eigenvalue weighted by atomic mass is 19.1. The Hall–Kier alpha value is -2.49. The predicted octanol–water partition coefficient (Wildman–Crippen LogP) is 3.20. The zero-order valence-electron chi connectivity index (χ0n) is 12.6. The van der Waals surface area contributed by atoms with E-state index in [2.05, 4.69) is 0 Å². The van der Waals surface area contributed by atoms with Gasteiger partial charge in [-0.05, 0) is 18.2 Å². The molecule has 3 aromatic rings. The molecule has 3 aromatic carbocycles. The van der Waals surface area contributed by atoms with Gasteiger partial charge in [-0.1, -0.05) is 54.6 Å². The molecular formula is C19H15BF3-. The van der Waals surface area contributed by atoms with E-state index in [1.54, 1.807) is 36.4 Å². The van der Waals surface area contributed by atoms with E-state index in [1.807, 2.05) is 6.82 Å². The van der Waals surface area contributed by atoms with Gasteiger partial charge in [-0.15, -0.1) is 0 Å². The predicted molar refractivity (Wildman–Crippen MR) is 89.7 cm³/mol. The molecule has 0 aliphatic carbocycles. The largest absolute Gasteiger partial charge is 0.207 e. The number of halogens is 3. The highest BCUT2D eigenvalue weighted by Crippen LogP contribution is 2.10. The molecule has 0 fully saturated rings. The van der Waals surface area contributed by atoms with Crippen molar-refractivity contribution in [2.75, 3.05) is 0 Å². The molecule has 0 heterocycles. The summed E-state index contributed by atoms with van der Waals surface area (Å²) < 4.78 is 41.2. The van der Waals surface area contributed by atoms with E-state index in [1.165, 1.54) is 36.4 Å². The van der Waals surface area contributed by atoms with Crippen molar-refractivity contribution in [2.24, 2.45) is 0 Å². The fourth-order valence-electron chi connectivity index (χ4n) is 3.17. The summed E-state index contributed by atoms with van der Waals surface area (Å²) in [6, 6.07) is 18.6. The first-order valence-corrected chi connectivity index (χ1v) is 7.47. The van der Waals surface area contributed by atoms with E-state index in [9.17, 15) is 13.2 Å². The smallest absolute Gasteiger partial charge is 0.120 e. The minimum Gasteiger partial charge on any atom is -0.207 e. The van der Waals surface area contributed by atoms with Crippen LogP contribution in [0.25, 0.3) is 0 Å². The lowest BCUT2D eigenvalue weighted by molar-refractivity contribution is 0.629. The van der Waals surface area contributed by atoms with E-state index in [-0.39, 0.29) is 17.5 Å². The van der Waals surface area contributed by atoms with Crippen molar-refractivity contribution in [1.82, 2.24) is 0 Å². The summed E-state index contributed by atoms with van der Waals surface area (Å²) in [5.41, 5.74) is 2.09. The van der Waals surface area contributed by atoms with E-state index in [0.717, 1.165) is 0 Å². The van der Waals surface area contributed by atoms with Gasteiger partial charge >= 0.3 is 0 Å². The zero-order valence-corrected chi connectivity index (χ0v) is 12.6. The molecule has 23 heavy (non-hydrogen) atoms.